The predicted octanol–water partition coefficient (Wildman–Crippen LogP) is 6.15. The first-order valence-corrected chi connectivity index (χ1v) is 8.61. The van der Waals surface area contributed by atoms with Gasteiger partial charge in [0.2, 0.25) is 0 Å². The van der Waals surface area contributed by atoms with E-state index in [1.165, 1.54) is 22.4 Å². The van der Waals surface area contributed by atoms with Gasteiger partial charge in [0.05, 0.1) is 6.57 Å². The zero-order chi connectivity index (χ0) is 18.5. The lowest BCUT2D eigenvalue weighted by molar-refractivity contribution is 1.13. The summed E-state index contributed by atoms with van der Waals surface area (Å²) in [5.41, 5.74) is 7.39. The summed E-state index contributed by atoms with van der Waals surface area (Å²) in [5, 5.41) is 0. The highest BCUT2D eigenvalue weighted by atomic mass is 15.1. The van der Waals surface area contributed by atoms with Gasteiger partial charge in [0.15, 0.2) is 5.70 Å². The fourth-order valence-corrected chi connectivity index (χ4v) is 2.79. The molecule has 0 aromatic heterocycles. The van der Waals surface area contributed by atoms with Crippen molar-refractivity contribution >= 4 is 17.5 Å². The van der Waals surface area contributed by atoms with Gasteiger partial charge >= 0.3 is 0 Å². The van der Waals surface area contributed by atoms with Gasteiger partial charge in [-0.1, -0.05) is 66.2 Å². The number of hydrogen-bond donors (Lipinski definition) is 0. The first kappa shape index (κ1) is 17.5. The summed E-state index contributed by atoms with van der Waals surface area (Å²) in [6, 6.07) is 24.9. The normalized spacial score (nSPS) is 11.1. The van der Waals surface area contributed by atoms with Crippen LogP contribution in [0, 0.1) is 13.5 Å². The highest BCUT2D eigenvalue weighted by Gasteiger charge is 2.03. The van der Waals surface area contributed by atoms with Crippen molar-refractivity contribution in [2.75, 3.05) is 19.0 Å². The Morgan fingerprint density at radius 2 is 1.35 bits per heavy atom. The molecule has 0 amide bonds. The van der Waals surface area contributed by atoms with Crippen LogP contribution in [-0.2, 0) is 0 Å². The lowest BCUT2D eigenvalue weighted by Crippen LogP contribution is -2.07. The Kier molecular flexibility index (Phi) is 5.20. The quantitative estimate of drug-likeness (QED) is 0.409. The van der Waals surface area contributed by atoms with E-state index in [1.807, 2.05) is 44.4 Å². The Labute approximate surface area is 155 Å². The standard InChI is InChI=1S/C24H22N2/c1-18-5-9-22(10-6-18)24(25-2)17-19-7-11-20(12-8-19)21-13-15-23(16-14-21)26(3)4/h5-17H,1,3-4H3/b24-17-. The Bertz CT molecular complexity index is 939. The molecule has 3 aromatic rings. The second-order valence-corrected chi connectivity index (χ2v) is 6.57. The van der Waals surface area contributed by atoms with E-state index in [0.29, 0.717) is 5.70 Å². The molecule has 2 nitrogen and oxygen atoms in total. The third kappa shape index (κ3) is 4.02. The molecule has 0 aliphatic rings. The van der Waals surface area contributed by atoms with E-state index in [-0.39, 0.29) is 0 Å². The van der Waals surface area contributed by atoms with Crippen LogP contribution in [0.1, 0.15) is 16.7 Å². The van der Waals surface area contributed by atoms with E-state index in [9.17, 15) is 0 Å². The molecule has 0 fully saturated rings. The maximum Gasteiger partial charge on any atom is 0.194 e. The molecule has 0 atom stereocenters. The van der Waals surface area contributed by atoms with E-state index < -0.39 is 0 Å². The zero-order valence-corrected chi connectivity index (χ0v) is 15.4. The lowest BCUT2D eigenvalue weighted by Gasteiger charge is -2.12. The van der Waals surface area contributed by atoms with Gasteiger partial charge in [-0.25, -0.2) is 4.85 Å². The molecule has 0 spiro atoms. The molecule has 0 aliphatic carbocycles. The van der Waals surface area contributed by atoms with Crippen molar-refractivity contribution in [1.82, 2.24) is 0 Å². The topological polar surface area (TPSA) is 7.60 Å². The van der Waals surface area contributed by atoms with Gasteiger partial charge in [-0.2, -0.15) is 0 Å². The average Bonchev–Trinajstić information content (AvgIpc) is 2.67. The van der Waals surface area contributed by atoms with Crippen molar-refractivity contribution in [3.05, 3.63) is 101 Å². The van der Waals surface area contributed by atoms with Crippen molar-refractivity contribution in [2.24, 2.45) is 0 Å². The van der Waals surface area contributed by atoms with Gasteiger partial charge in [-0.15, -0.1) is 0 Å². The maximum atomic E-state index is 7.48. The van der Waals surface area contributed by atoms with Gasteiger partial charge in [-0.3, -0.25) is 0 Å². The predicted molar refractivity (Wildman–Crippen MR) is 112 cm³/mol. The van der Waals surface area contributed by atoms with Gasteiger partial charge in [0.1, 0.15) is 0 Å². The van der Waals surface area contributed by atoms with Crippen LogP contribution in [0.25, 0.3) is 27.7 Å². The van der Waals surface area contributed by atoms with Crippen LogP contribution in [0.3, 0.4) is 0 Å². The van der Waals surface area contributed by atoms with E-state index in [4.69, 9.17) is 6.57 Å². The molecule has 0 N–H and O–H groups in total. The van der Waals surface area contributed by atoms with Crippen LogP contribution in [0.2, 0.25) is 0 Å². The highest BCUT2D eigenvalue weighted by molar-refractivity contribution is 5.85. The number of aryl methyl sites for hydroxylation is 1. The first-order valence-electron chi connectivity index (χ1n) is 8.61. The van der Waals surface area contributed by atoms with Gasteiger partial charge < -0.3 is 4.90 Å². The molecule has 0 bridgehead atoms. The summed E-state index contributed by atoms with van der Waals surface area (Å²) in [6.45, 7) is 9.53. The van der Waals surface area contributed by atoms with Crippen LogP contribution in [0.5, 0.6) is 0 Å². The van der Waals surface area contributed by atoms with Crippen LogP contribution in [0.4, 0.5) is 5.69 Å². The van der Waals surface area contributed by atoms with Crippen molar-refractivity contribution in [1.29, 1.82) is 0 Å². The molecule has 3 aromatic carbocycles. The molecular formula is C24H22N2. The van der Waals surface area contributed by atoms with E-state index in [2.05, 4.69) is 65.2 Å². The van der Waals surface area contributed by atoms with Gasteiger partial charge in [0, 0.05) is 19.8 Å². The second kappa shape index (κ2) is 7.72. The van der Waals surface area contributed by atoms with Crippen LogP contribution < -0.4 is 4.90 Å². The Balaban J connectivity index is 1.84. The first-order chi connectivity index (χ1) is 12.6. The summed E-state index contributed by atoms with van der Waals surface area (Å²) in [5.74, 6) is 0. The Hall–Kier alpha value is -3.31. The minimum Gasteiger partial charge on any atom is -0.378 e. The van der Waals surface area contributed by atoms with Gasteiger partial charge in [0.25, 0.3) is 0 Å². The lowest BCUT2D eigenvalue weighted by atomic mass is 10.0. The van der Waals surface area contributed by atoms with Crippen molar-refractivity contribution in [3.63, 3.8) is 0 Å². The Morgan fingerprint density at radius 1 is 0.808 bits per heavy atom. The minimum atomic E-state index is 0.660. The van der Waals surface area contributed by atoms with Crippen molar-refractivity contribution in [3.8, 4) is 11.1 Å². The summed E-state index contributed by atoms with van der Waals surface area (Å²) < 4.78 is 0. The molecule has 0 aliphatic heterocycles. The summed E-state index contributed by atoms with van der Waals surface area (Å²) in [6.07, 6.45) is 1.94. The molecule has 0 saturated carbocycles. The molecule has 0 radical (unpaired) electrons. The molecule has 0 unspecified atom stereocenters. The number of rotatable bonds is 4. The molecule has 128 valence electrons. The van der Waals surface area contributed by atoms with Crippen molar-refractivity contribution in [2.45, 2.75) is 6.92 Å². The number of anilines is 1. The molecule has 3 rings (SSSR count). The smallest absolute Gasteiger partial charge is 0.194 e. The molecule has 0 heterocycles. The van der Waals surface area contributed by atoms with Crippen molar-refractivity contribution < 1.29 is 0 Å². The molecular weight excluding hydrogens is 316 g/mol. The minimum absolute atomic E-state index is 0.660. The Morgan fingerprint density at radius 3 is 1.85 bits per heavy atom. The number of nitrogens with zero attached hydrogens (tertiary/aromatic N) is 2. The van der Waals surface area contributed by atoms with E-state index in [0.717, 1.165) is 11.1 Å². The van der Waals surface area contributed by atoms with Gasteiger partial charge in [-0.05, 0) is 47.4 Å². The van der Waals surface area contributed by atoms with Crippen LogP contribution >= 0.6 is 0 Å². The average molecular weight is 338 g/mol. The molecule has 0 saturated heterocycles. The van der Waals surface area contributed by atoms with E-state index >= 15 is 0 Å². The fraction of sp³-hybridized carbons (Fsp3) is 0.125. The second-order valence-electron chi connectivity index (χ2n) is 6.57. The third-order valence-electron chi connectivity index (χ3n) is 4.40. The summed E-state index contributed by atoms with van der Waals surface area (Å²) >= 11 is 0. The SMILES string of the molecule is [C-]#[N+]/C(=C\c1ccc(-c2ccc(N(C)C)cc2)cc1)c1ccc(C)cc1. The summed E-state index contributed by atoms with van der Waals surface area (Å²) in [4.78, 5) is 5.79. The largest absolute Gasteiger partial charge is 0.378 e. The monoisotopic (exact) mass is 338 g/mol. The fourth-order valence-electron chi connectivity index (χ4n) is 2.79. The third-order valence-corrected chi connectivity index (χ3v) is 4.40. The highest BCUT2D eigenvalue weighted by Crippen LogP contribution is 2.25. The maximum absolute atomic E-state index is 7.48. The zero-order valence-electron chi connectivity index (χ0n) is 15.4. The van der Waals surface area contributed by atoms with E-state index in [1.54, 1.807) is 0 Å². The number of hydrogen-bond acceptors (Lipinski definition) is 1. The summed E-state index contributed by atoms with van der Waals surface area (Å²) in [7, 11) is 4.08. The van der Waals surface area contributed by atoms with Crippen LogP contribution in [-0.4, -0.2) is 14.1 Å². The molecule has 26 heavy (non-hydrogen) atoms. The number of benzene rings is 3. The molecule has 2 heteroatoms. The van der Waals surface area contributed by atoms with Crippen LogP contribution in [0.15, 0.2) is 72.8 Å².